The van der Waals surface area contributed by atoms with E-state index in [4.69, 9.17) is 0 Å². The molecule has 1 aromatic rings. The van der Waals surface area contributed by atoms with Gasteiger partial charge in [0.05, 0.1) is 7.11 Å². The van der Waals surface area contributed by atoms with Crippen molar-refractivity contribution >= 4 is 33.9 Å². The highest BCUT2D eigenvalue weighted by Gasteiger charge is 2.01. The van der Waals surface area contributed by atoms with Crippen molar-refractivity contribution in [2.24, 2.45) is 0 Å². The molecule has 90 valence electrons. The summed E-state index contributed by atoms with van der Waals surface area (Å²) in [5.41, 5.74) is 0.896. The quantitative estimate of drug-likeness (QED) is 0.680. The van der Waals surface area contributed by atoms with Crippen LogP contribution in [0.3, 0.4) is 0 Å². The molecule has 0 radical (unpaired) electrons. The van der Waals surface area contributed by atoms with Gasteiger partial charge in [-0.25, -0.2) is 0 Å². The van der Waals surface area contributed by atoms with Crippen LogP contribution in [0.25, 0.3) is 6.08 Å². The van der Waals surface area contributed by atoms with Gasteiger partial charge in [-0.1, -0.05) is 28.1 Å². The second-order valence-corrected chi connectivity index (χ2v) is 4.10. The highest BCUT2D eigenvalue weighted by Crippen LogP contribution is 2.12. The Kier molecular flexibility index (Phi) is 5.42. The Morgan fingerprint density at radius 3 is 2.88 bits per heavy atom. The van der Waals surface area contributed by atoms with Gasteiger partial charge in [-0.3, -0.25) is 9.59 Å². The standard InChI is InChI=1S/C12H12BrNO3/c1-17-12(16)8-14-11(15)6-5-9-3-2-4-10(13)7-9/h2-7H,8H2,1H3,(H,14,15). The van der Waals surface area contributed by atoms with Crippen LogP contribution in [0.2, 0.25) is 0 Å². The lowest BCUT2D eigenvalue weighted by Gasteiger charge is -1.99. The third-order valence-corrected chi connectivity index (χ3v) is 2.40. The molecular weight excluding hydrogens is 286 g/mol. The average Bonchev–Trinajstić information content (AvgIpc) is 2.33. The Bertz CT molecular complexity index is 443. The van der Waals surface area contributed by atoms with Crippen LogP contribution >= 0.6 is 15.9 Å². The normalized spacial score (nSPS) is 10.2. The largest absolute Gasteiger partial charge is 0.468 e. The number of carbonyl (C=O) groups is 2. The van der Waals surface area contributed by atoms with E-state index >= 15 is 0 Å². The van der Waals surface area contributed by atoms with Crippen LogP contribution in [0.5, 0.6) is 0 Å². The number of ether oxygens (including phenoxy) is 1. The second-order valence-electron chi connectivity index (χ2n) is 3.18. The zero-order valence-electron chi connectivity index (χ0n) is 9.27. The maximum atomic E-state index is 11.3. The molecule has 4 nitrogen and oxygen atoms in total. The van der Waals surface area contributed by atoms with E-state index in [1.807, 2.05) is 24.3 Å². The van der Waals surface area contributed by atoms with E-state index in [9.17, 15) is 9.59 Å². The molecule has 0 saturated heterocycles. The number of rotatable bonds is 4. The zero-order valence-corrected chi connectivity index (χ0v) is 10.9. The molecule has 0 atom stereocenters. The van der Waals surface area contributed by atoms with E-state index in [0.29, 0.717) is 0 Å². The van der Waals surface area contributed by atoms with E-state index in [2.05, 4.69) is 26.0 Å². The number of carbonyl (C=O) groups excluding carboxylic acids is 2. The van der Waals surface area contributed by atoms with E-state index < -0.39 is 5.97 Å². The van der Waals surface area contributed by atoms with Gasteiger partial charge in [0.2, 0.25) is 5.91 Å². The van der Waals surface area contributed by atoms with Gasteiger partial charge in [-0.2, -0.15) is 0 Å². The first-order chi connectivity index (χ1) is 8.11. The molecule has 0 aromatic heterocycles. The van der Waals surface area contributed by atoms with Gasteiger partial charge in [-0.05, 0) is 23.8 Å². The van der Waals surface area contributed by atoms with E-state index in [-0.39, 0.29) is 12.5 Å². The summed E-state index contributed by atoms with van der Waals surface area (Å²) in [5.74, 6) is -0.815. The molecule has 0 saturated carbocycles. The minimum atomic E-state index is -0.478. The molecule has 5 heteroatoms. The molecule has 1 amide bonds. The highest BCUT2D eigenvalue weighted by molar-refractivity contribution is 9.10. The van der Waals surface area contributed by atoms with Crippen LogP contribution in [0.4, 0.5) is 0 Å². The summed E-state index contributed by atoms with van der Waals surface area (Å²) in [7, 11) is 1.27. The fourth-order valence-corrected chi connectivity index (χ4v) is 1.49. The van der Waals surface area contributed by atoms with Crippen LogP contribution in [0, 0.1) is 0 Å². The Morgan fingerprint density at radius 2 is 2.24 bits per heavy atom. The summed E-state index contributed by atoms with van der Waals surface area (Å²) in [6.07, 6.45) is 3.03. The van der Waals surface area contributed by atoms with Crippen molar-refractivity contribution in [1.29, 1.82) is 0 Å². The maximum Gasteiger partial charge on any atom is 0.325 e. The summed E-state index contributed by atoms with van der Waals surface area (Å²) >= 11 is 3.33. The van der Waals surface area contributed by atoms with Gasteiger partial charge < -0.3 is 10.1 Å². The molecule has 0 fully saturated rings. The topological polar surface area (TPSA) is 55.4 Å². The molecule has 0 heterocycles. The summed E-state index contributed by atoms with van der Waals surface area (Å²) in [5, 5.41) is 2.41. The molecule has 0 unspecified atom stereocenters. The number of amides is 1. The average molecular weight is 298 g/mol. The molecule has 0 aliphatic heterocycles. The minimum absolute atomic E-state index is 0.127. The summed E-state index contributed by atoms with van der Waals surface area (Å²) in [4.78, 5) is 22.1. The summed E-state index contributed by atoms with van der Waals surface area (Å²) in [6.45, 7) is -0.127. The number of nitrogens with one attached hydrogen (secondary N) is 1. The molecular formula is C12H12BrNO3. The van der Waals surface area contributed by atoms with Crippen LogP contribution in [-0.2, 0) is 14.3 Å². The lowest BCUT2D eigenvalue weighted by Crippen LogP contribution is -2.28. The number of esters is 1. The van der Waals surface area contributed by atoms with Crippen molar-refractivity contribution in [2.75, 3.05) is 13.7 Å². The zero-order chi connectivity index (χ0) is 12.7. The predicted octanol–water partition coefficient (Wildman–Crippen LogP) is 1.75. The Balaban J connectivity index is 2.48. The fourth-order valence-electron chi connectivity index (χ4n) is 1.07. The van der Waals surface area contributed by atoms with Gasteiger partial charge in [0.1, 0.15) is 6.54 Å². The predicted molar refractivity (Wildman–Crippen MR) is 68.2 cm³/mol. The summed E-state index contributed by atoms with van der Waals surface area (Å²) in [6, 6.07) is 7.52. The Labute approximate surface area is 108 Å². The molecule has 0 aliphatic carbocycles. The first-order valence-corrected chi connectivity index (χ1v) is 5.69. The highest BCUT2D eigenvalue weighted by atomic mass is 79.9. The third-order valence-electron chi connectivity index (χ3n) is 1.91. The van der Waals surface area contributed by atoms with E-state index in [0.717, 1.165) is 10.0 Å². The van der Waals surface area contributed by atoms with E-state index in [1.165, 1.54) is 13.2 Å². The smallest absolute Gasteiger partial charge is 0.325 e. The fraction of sp³-hybridized carbons (Fsp3) is 0.167. The maximum absolute atomic E-state index is 11.3. The molecule has 0 aliphatic rings. The van der Waals surface area contributed by atoms with Gasteiger partial charge in [0.15, 0.2) is 0 Å². The van der Waals surface area contributed by atoms with Gasteiger partial charge in [0.25, 0.3) is 0 Å². The number of hydrogen-bond donors (Lipinski definition) is 1. The lowest BCUT2D eigenvalue weighted by atomic mass is 10.2. The van der Waals surface area contributed by atoms with Crippen molar-refractivity contribution in [3.05, 3.63) is 40.4 Å². The lowest BCUT2D eigenvalue weighted by molar-refractivity contribution is -0.140. The van der Waals surface area contributed by atoms with Crippen molar-refractivity contribution in [2.45, 2.75) is 0 Å². The summed E-state index contributed by atoms with van der Waals surface area (Å²) < 4.78 is 5.33. The van der Waals surface area contributed by atoms with Crippen LogP contribution in [0.15, 0.2) is 34.8 Å². The molecule has 1 aromatic carbocycles. The van der Waals surface area contributed by atoms with Crippen molar-refractivity contribution < 1.29 is 14.3 Å². The molecule has 1 rings (SSSR count). The molecule has 1 N–H and O–H groups in total. The third kappa shape index (κ3) is 5.31. The molecule has 0 bridgehead atoms. The van der Waals surface area contributed by atoms with Gasteiger partial charge in [0, 0.05) is 10.5 Å². The van der Waals surface area contributed by atoms with Gasteiger partial charge >= 0.3 is 5.97 Å². The Hall–Kier alpha value is -1.62. The number of halogens is 1. The first-order valence-electron chi connectivity index (χ1n) is 4.90. The number of hydrogen-bond acceptors (Lipinski definition) is 3. The molecule has 0 spiro atoms. The minimum Gasteiger partial charge on any atom is -0.468 e. The van der Waals surface area contributed by atoms with Crippen LogP contribution in [0.1, 0.15) is 5.56 Å². The van der Waals surface area contributed by atoms with Crippen LogP contribution < -0.4 is 5.32 Å². The number of benzene rings is 1. The monoisotopic (exact) mass is 297 g/mol. The van der Waals surface area contributed by atoms with Crippen molar-refractivity contribution in [1.82, 2.24) is 5.32 Å². The number of methoxy groups -OCH3 is 1. The second kappa shape index (κ2) is 6.85. The molecule has 17 heavy (non-hydrogen) atoms. The van der Waals surface area contributed by atoms with Crippen molar-refractivity contribution in [3.8, 4) is 0 Å². The Morgan fingerprint density at radius 1 is 1.47 bits per heavy atom. The first kappa shape index (κ1) is 13.4. The van der Waals surface area contributed by atoms with Crippen molar-refractivity contribution in [3.63, 3.8) is 0 Å². The van der Waals surface area contributed by atoms with Crippen LogP contribution in [-0.4, -0.2) is 25.5 Å². The van der Waals surface area contributed by atoms with E-state index in [1.54, 1.807) is 6.08 Å². The SMILES string of the molecule is COC(=O)CNC(=O)C=Cc1cccc(Br)c1. The van der Waals surface area contributed by atoms with Gasteiger partial charge in [-0.15, -0.1) is 0 Å².